The molecule has 1 aliphatic rings. The molecule has 0 radical (unpaired) electrons. The highest BCUT2D eigenvalue weighted by molar-refractivity contribution is 8.00. The summed E-state index contributed by atoms with van der Waals surface area (Å²) >= 11 is -0.0558. The average molecular weight is 289 g/mol. The molecule has 2 atom stereocenters. The largest absolute Gasteiger partial charge is 0.446 e. The van der Waals surface area contributed by atoms with E-state index in [1.54, 1.807) is 12.1 Å². The fourth-order valence-electron chi connectivity index (χ4n) is 2.19. The van der Waals surface area contributed by atoms with Crippen LogP contribution in [0.25, 0.3) is 0 Å². The van der Waals surface area contributed by atoms with Gasteiger partial charge >= 0.3 is 5.51 Å². The van der Waals surface area contributed by atoms with Gasteiger partial charge in [-0.1, -0.05) is 26.0 Å². The maximum Gasteiger partial charge on any atom is 0.446 e. The van der Waals surface area contributed by atoms with Crippen molar-refractivity contribution in [3.8, 4) is 0 Å². The number of thioether (sulfide) groups is 1. The summed E-state index contributed by atoms with van der Waals surface area (Å²) in [5.74, 6) is 1.14. The predicted octanol–water partition coefficient (Wildman–Crippen LogP) is 4.40. The first kappa shape index (κ1) is 14.7. The van der Waals surface area contributed by atoms with Crippen LogP contribution in [-0.2, 0) is 0 Å². The molecule has 0 amide bonds. The Kier molecular flexibility index (Phi) is 4.46. The van der Waals surface area contributed by atoms with Crippen molar-refractivity contribution in [3.05, 3.63) is 29.8 Å². The third-order valence-electron chi connectivity index (χ3n) is 3.25. The zero-order valence-electron chi connectivity index (χ0n) is 11.0. The van der Waals surface area contributed by atoms with Crippen LogP contribution in [0.1, 0.15) is 31.7 Å². The molecule has 1 fully saturated rings. The van der Waals surface area contributed by atoms with Gasteiger partial charge in [-0.15, -0.1) is 0 Å². The molecule has 19 heavy (non-hydrogen) atoms. The van der Waals surface area contributed by atoms with Gasteiger partial charge in [0.25, 0.3) is 0 Å². The molecule has 1 aromatic carbocycles. The van der Waals surface area contributed by atoms with E-state index in [4.69, 9.17) is 0 Å². The van der Waals surface area contributed by atoms with Crippen LogP contribution >= 0.6 is 11.8 Å². The SMILES string of the molecule is CC(C)NCC1CC1c1ccc(SC(F)(F)F)cc1. The first-order valence-electron chi connectivity index (χ1n) is 6.44. The Morgan fingerprint density at radius 3 is 2.42 bits per heavy atom. The minimum absolute atomic E-state index is 0.0558. The minimum atomic E-state index is -4.20. The summed E-state index contributed by atoms with van der Waals surface area (Å²) in [5.41, 5.74) is -3.05. The molecule has 1 aliphatic carbocycles. The molecule has 0 spiro atoms. The molecule has 0 heterocycles. The maximum atomic E-state index is 12.2. The van der Waals surface area contributed by atoms with Crippen molar-refractivity contribution in [3.63, 3.8) is 0 Å². The molecule has 1 aromatic rings. The van der Waals surface area contributed by atoms with Crippen LogP contribution in [0.2, 0.25) is 0 Å². The van der Waals surface area contributed by atoms with Crippen LogP contribution in [0, 0.1) is 5.92 Å². The Hall–Kier alpha value is -0.680. The Morgan fingerprint density at radius 2 is 1.89 bits per heavy atom. The van der Waals surface area contributed by atoms with E-state index in [1.165, 1.54) is 0 Å². The Morgan fingerprint density at radius 1 is 1.26 bits per heavy atom. The number of alkyl halides is 3. The van der Waals surface area contributed by atoms with Crippen LogP contribution in [0.4, 0.5) is 13.2 Å². The summed E-state index contributed by atoms with van der Waals surface area (Å²) in [6.45, 7) is 5.21. The Bertz CT molecular complexity index is 414. The number of nitrogens with one attached hydrogen (secondary N) is 1. The molecule has 1 nitrogen and oxygen atoms in total. The van der Waals surface area contributed by atoms with Gasteiger partial charge in [0.05, 0.1) is 0 Å². The lowest BCUT2D eigenvalue weighted by Gasteiger charge is -2.08. The highest BCUT2D eigenvalue weighted by Gasteiger charge is 2.38. The van der Waals surface area contributed by atoms with E-state index in [0.717, 1.165) is 18.5 Å². The number of benzene rings is 1. The first-order chi connectivity index (χ1) is 8.85. The summed E-state index contributed by atoms with van der Waals surface area (Å²) in [6.07, 6.45) is 1.13. The predicted molar refractivity (Wildman–Crippen MR) is 72.3 cm³/mol. The molecule has 0 bridgehead atoms. The molecule has 106 valence electrons. The lowest BCUT2D eigenvalue weighted by atomic mass is 10.1. The monoisotopic (exact) mass is 289 g/mol. The van der Waals surface area contributed by atoms with Gasteiger partial charge in [0, 0.05) is 10.9 Å². The van der Waals surface area contributed by atoms with Crippen molar-refractivity contribution < 1.29 is 13.2 Å². The summed E-state index contributed by atoms with van der Waals surface area (Å²) in [5, 5.41) is 3.40. The van der Waals surface area contributed by atoms with E-state index < -0.39 is 5.51 Å². The second-order valence-corrected chi connectivity index (χ2v) is 6.42. The molecule has 2 rings (SSSR count). The van der Waals surface area contributed by atoms with Gasteiger partial charge in [-0.05, 0) is 54.3 Å². The van der Waals surface area contributed by atoms with Gasteiger partial charge in [-0.25, -0.2) is 0 Å². The Labute approximate surface area is 116 Å². The lowest BCUT2D eigenvalue weighted by Crippen LogP contribution is -2.25. The number of halogens is 3. The van der Waals surface area contributed by atoms with E-state index in [9.17, 15) is 13.2 Å². The van der Waals surface area contributed by atoms with E-state index >= 15 is 0 Å². The van der Waals surface area contributed by atoms with Crippen molar-refractivity contribution in [2.75, 3.05) is 6.54 Å². The maximum absolute atomic E-state index is 12.2. The van der Waals surface area contributed by atoms with E-state index in [1.807, 2.05) is 12.1 Å². The highest BCUT2D eigenvalue weighted by atomic mass is 32.2. The number of hydrogen-bond acceptors (Lipinski definition) is 2. The average Bonchev–Trinajstić information content (AvgIpc) is 3.04. The zero-order valence-corrected chi connectivity index (χ0v) is 11.8. The summed E-state index contributed by atoms with van der Waals surface area (Å²) in [6, 6.07) is 7.27. The zero-order chi connectivity index (χ0) is 14.0. The quantitative estimate of drug-likeness (QED) is 0.806. The fraction of sp³-hybridized carbons (Fsp3) is 0.571. The van der Waals surface area contributed by atoms with Gasteiger partial charge in [0.15, 0.2) is 0 Å². The van der Waals surface area contributed by atoms with Crippen molar-refractivity contribution in [2.45, 2.75) is 42.6 Å². The molecule has 5 heteroatoms. The lowest BCUT2D eigenvalue weighted by molar-refractivity contribution is -0.0328. The van der Waals surface area contributed by atoms with Gasteiger partial charge in [-0.3, -0.25) is 0 Å². The van der Waals surface area contributed by atoms with Gasteiger partial charge in [-0.2, -0.15) is 13.2 Å². The van der Waals surface area contributed by atoms with Crippen molar-refractivity contribution in [1.82, 2.24) is 5.32 Å². The summed E-state index contributed by atoms with van der Waals surface area (Å²) in [7, 11) is 0. The van der Waals surface area contributed by atoms with Gasteiger partial charge < -0.3 is 5.32 Å². The molecule has 1 saturated carbocycles. The highest BCUT2D eigenvalue weighted by Crippen LogP contribution is 2.47. The van der Waals surface area contributed by atoms with E-state index in [-0.39, 0.29) is 16.7 Å². The van der Waals surface area contributed by atoms with Crippen LogP contribution < -0.4 is 5.32 Å². The smallest absolute Gasteiger partial charge is 0.314 e. The number of rotatable bonds is 5. The topological polar surface area (TPSA) is 12.0 Å². The van der Waals surface area contributed by atoms with E-state index in [2.05, 4.69) is 19.2 Å². The summed E-state index contributed by atoms with van der Waals surface area (Å²) in [4.78, 5) is 0.258. The molecule has 0 saturated heterocycles. The second kappa shape index (κ2) is 5.75. The third-order valence-corrected chi connectivity index (χ3v) is 3.99. The second-order valence-electron chi connectivity index (χ2n) is 5.28. The van der Waals surface area contributed by atoms with Crippen LogP contribution in [0.15, 0.2) is 29.2 Å². The molecule has 0 aliphatic heterocycles. The Balaban J connectivity index is 1.87. The van der Waals surface area contributed by atoms with Crippen molar-refractivity contribution in [2.24, 2.45) is 5.92 Å². The number of hydrogen-bond donors (Lipinski definition) is 1. The normalized spacial score (nSPS) is 22.8. The van der Waals surface area contributed by atoms with Gasteiger partial charge in [0.2, 0.25) is 0 Å². The van der Waals surface area contributed by atoms with Crippen LogP contribution in [-0.4, -0.2) is 18.1 Å². The molecule has 2 unspecified atom stereocenters. The first-order valence-corrected chi connectivity index (χ1v) is 7.26. The minimum Gasteiger partial charge on any atom is -0.314 e. The molecular weight excluding hydrogens is 271 g/mol. The fourth-order valence-corrected chi connectivity index (χ4v) is 2.72. The van der Waals surface area contributed by atoms with Gasteiger partial charge in [0.1, 0.15) is 0 Å². The van der Waals surface area contributed by atoms with Crippen LogP contribution in [0.5, 0.6) is 0 Å². The van der Waals surface area contributed by atoms with Crippen molar-refractivity contribution >= 4 is 11.8 Å². The third kappa shape index (κ3) is 4.73. The molecule has 1 N–H and O–H groups in total. The van der Waals surface area contributed by atoms with Crippen molar-refractivity contribution in [1.29, 1.82) is 0 Å². The molecule has 0 aromatic heterocycles. The standard InChI is InChI=1S/C14H18F3NS/c1-9(2)18-8-11-7-13(11)10-3-5-12(6-4-10)19-14(15,16)17/h3-6,9,11,13,18H,7-8H2,1-2H3. The summed E-state index contributed by atoms with van der Waals surface area (Å²) < 4.78 is 36.6. The molecular formula is C14H18F3NS. The van der Waals surface area contributed by atoms with Crippen LogP contribution in [0.3, 0.4) is 0 Å². The van der Waals surface area contributed by atoms with E-state index in [0.29, 0.717) is 17.9 Å².